The zero-order chi connectivity index (χ0) is 13.5. The molecule has 0 spiro atoms. The monoisotopic (exact) mass is 269 g/mol. The van der Waals surface area contributed by atoms with E-state index in [4.69, 9.17) is 15.2 Å². The number of thioether (sulfide) groups is 1. The topological polar surface area (TPSA) is 44.5 Å². The van der Waals surface area contributed by atoms with Gasteiger partial charge < -0.3 is 15.2 Å². The summed E-state index contributed by atoms with van der Waals surface area (Å²) in [5.74, 6) is 2.48. The molecule has 0 radical (unpaired) electrons. The van der Waals surface area contributed by atoms with Crippen LogP contribution in [0, 0.1) is 0 Å². The first kappa shape index (κ1) is 15.2. The fourth-order valence-electron chi connectivity index (χ4n) is 1.53. The van der Waals surface area contributed by atoms with E-state index in [0.717, 1.165) is 22.8 Å². The van der Waals surface area contributed by atoms with E-state index < -0.39 is 0 Å². The van der Waals surface area contributed by atoms with Crippen LogP contribution < -0.4 is 15.2 Å². The summed E-state index contributed by atoms with van der Waals surface area (Å²) >= 11 is 1.90. The van der Waals surface area contributed by atoms with E-state index >= 15 is 0 Å². The third kappa shape index (κ3) is 4.42. The van der Waals surface area contributed by atoms with Gasteiger partial charge in [-0.05, 0) is 24.1 Å². The highest BCUT2D eigenvalue weighted by Gasteiger charge is 2.11. The van der Waals surface area contributed by atoms with Gasteiger partial charge in [0.2, 0.25) is 0 Å². The molecule has 0 aliphatic heterocycles. The van der Waals surface area contributed by atoms with Crippen molar-refractivity contribution in [3.8, 4) is 11.5 Å². The Balaban J connectivity index is 2.74. The molecule has 1 aromatic carbocycles. The smallest absolute Gasteiger partial charge is 0.122 e. The van der Waals surface area contributed by atoms with Crippen LogP contribution in [0.2, 0.25) is 0 Å². The normalized spacial score (nSPS) is 14.1. The molecule has 0 aliphatic carbocycles. The summed E-state index contributed by atoms with van der Waals surface area (Å²) in [7, 11) is 3.30. The predicted molar refractivity (Wildman–Crippen MR) is 78.7 cm³/mol. The van der Waals surface area contributed by atoms with Gasteiger partial charge >= 0.3 is 0 Å². The van der Waals surface area contributed by atoms with Gasteiger partial charge in [0.25, 0.3) is 0 Å². The van der Waals surface area contributed by atoms with Crippen molar-refractivity contribution in [2.24, 2.45) is 5.73 Å². The van der Waals surface area contributed by atoms with E-state index in [1.807, 2.05) is 30.0 Å². The summed E-state index contributed by atoms with van der Waals surface area (Å²) in [6, 6.07) is 5.82. The van der Waals surface area contributed by atoms with Gasteiger partial charge in [-0.25, -0.2) is 0 Å². The molecular formula is C14H23NO2S. The maximum atomic E-state index is 6.21. The number of hydrogen-bond donors (Lipinski definition) is 1. The predicted octanol–water partition coefficient (Wildman–Crippen LogP) is 3.24. The Kier molecular flexibility index (Phi) is 6.36. The van der Waals surface area contributed by atoms with Crippen molar-refractivity contribution >= 4 is 11.8 Å². The van der Waals surface area contributed by atoms with Gasteiger partial charge in [-0.3, -0.25) is 0 Å². The lowest BCUT2D eigenvalue weighted by molar-refractivity contribution is 0.393. The average Bonchev–Trinajstić information content (AvgIpc) is 2.43. The van der Waals surface area contributed by atoms with Gasteiger partial charge in [-0.15, -0.1) is 0 Å². The van der Waals surface area contributed by atoms with Crippen molar-refractivity contribution < 1.29 is 9.47 Å². The van der Waals surface area contributed by atoms with Crippen LogP contribution in [-0.2, 0) is 0 Å². The number of hydrogen-bond acceptors (Lipinski definition) is 4. The Hall–Kier alpha value is -0.870. The number of benzene rings is 1. The van der Waals surface area contributed by atoms with Gasteiger partial charge in [-0.1, -0.05) is 13.8 Å². The molecule has 102 valence electrons. The van der Waals surface area contributed by atoms with Gasteiger partial charge in [0.15, 0.2) is 0 Å². The van der Waals surface area contributed by atoms with Crippen LogP contribution >= 0.6 is 11.8 Å². The van der Waals surface area contributed by atoms with E-state index in [9.17, 15) is 0 Å². The number of methoxy groups -OCH3 is 2. The molecule has 2 unspecified atom stereocenters. The second-order valence-electron chi connectivity index (χ2n) is 4.30. The molecule has 2 atom stereocenters. The average molecular weight is 269 g/mol. The van der Waals surface area contributed by atoms with Crippen LogP contribution in [0.4, 0.5) is 0 Å². The van der Waals surface area contributed by atoms with E-state index in [1.54, 1.807) is 14.2 Å². The molecule has 0 fully saturated rings. The van der Waals surface area contributed by atoms with E-state index in [1.165, 1.54) is 6.42 Å². The highest BCUT2D eigenvalue weighted by atomic mass is 32.2. The summed E-state index contributed by atoms with van der Waals surface area (Å²) in [5, 5.41) is 0.642. The van der Waals surface area contributed by atoms with Gasteiger partial charge in [0.1, 0.15) is 11.5 Å². The molecule has 2 N–H and O–H groups in total. The van der Waals surface area contributed by atoms with Crippen molar-refractivity contribution in [2.75, 3.05) is 20.0 Å². The molecule has 0 saturated heterocycles. The Morgan fingerprint density at radius 3 is 2.17 bits per heavy atom. The van der Waals surface area contributed by atoms with Crippen LogP contribution in [0.15, 0.2) is 18.2 Å². The molecule has 0 amide bonds. The zero-order valence-electron chi connectivity index (χ0n) is 11.6. The zero-order valence-corrected chi connectivity index (χ0v) is 12.4. The maximum Gasteiger partial charge on any atom is 0.122 e. The molecular weight excluding hydrogens is 246 g/mol. The Morgan fingerprint density at radius 2 is 1.72 bits per heavy atom. The molecule has 1 rings (SSSR count). The minimum absolute atomic E-state index is 0.00741. The van der Waals surface area contributed by atoms with Gasteiger partial charge in [-0.2, -0.15) is 11.8 Å². The van der Waals surface area contributed by atoms with Gasteiger partial charge in [0.05, 0.1) is 14.2 Å². The molecule has 0 aliphatic rings. The third-order valence-electron chi connectivity index (χ3n) is 2.94. The lowest BCUT2D eigenvalue weighted by Crippen LogP contribution is -2.15. The molecule has 0 bridgehead atoms. The minimum atomic E-state index is 0.00741. The lowest BCUT2D eigenvalue weighted by atomic mass is 10.1. The van der Waals surface area contributed by atoms with Crippen molar-refractivity contribution in [1.29, 1.82) is 0 Å². The quantitative estimate of drug-likeness (QED) is 0.825. The highest BCUT2D eigenvalue weighted by molar-refractivity contribution is 7.99. The first-order chi connectivity index (χ1) is 8.60. The van der Waals surface area contributed by atoms with E-state index in [0.29, 0.717) is 5.25 Å². The Labute approximate surface area is 114 Å². The van der Waals surface area contributed by atoms with Crippen molar-refractivity contribution in [3.63, 3.8) is 0 Å². The first-order valence-corrected chi connectivity index (χ1v) is 7.25. The Bertz CT molecular complexity index is 349. The maximum absolute atomic E-state index is 6.21. The number of rotatable bonds is 7. The summed E-state index contributed by atoms with van der Waals surface area (Å²) < 4.78 is 10.5. The SMILES string of the molecule is CCC(C)SCC(N)c1cc(OC)cc(OC)c1. The minimum Gasteiger partial charge on any atom is -0.497 e. The summed E-state index contributed by atoms with van der Waals surface area (Å²) in [5.41, 5.74) is 7.27. The lowest BCUT2D eigenvalue weighted by Gasteiger charge is -2.16. The number of nitrogens with two attached hydrogens (primary N) is 1. The third-order valence-corrected chi connectivity index (χ3v) is 4.39. The van der Waals surface area contributed by atoms with Crippen LogP contribution in [0.5, 0.6) is 11.5 Å². The van der Waals surface area contributed by atoms with E-state index in [2.05, 4.69) is 13.8 Å². The van der Waals surface area contributed by atoms with Crippen molar-refractivity contribution in [1.82, 2.24) is 0 Å². The fourth-order valence-corrected chi connectivity index (χ4v) is 2.49. The Morgan fingerprint density at radius 1 is 1.17 bits per heavy atom. The van der Waals surface area contributed by atoms with Crippen LogP contribution in [0.1, 0.15) is 31.9 Å². The molecule has 18 heavy (non-hydrogen) atoms. The van der Waals surface area contributed by atoms with Crippen LogP contribution in [0.25, 0.3) is 0 Å². The summed E-state index contributed by atoms with van der Waals surface area (Å²) in [4.78, 5) is 0. The second kappa shape index (κ2) is 7.54. The van der Waals surface area contributed by atoms with Gasteiger partial charge in [0, 0.05) is 23.1 Å². The standard InChI is InChI=1S/C14H23NO2S/c1-5-10(2)18-9-14(15)11-6-12(16-3)8-13(7-11)17-4/h6-8,10,14H,5,9,15H2,1-4H3. The summed E-state index contributed by atoms with van der Waals surface area (Å²) in [6.45, 7) is 4.42. The largest absolute Gasteiger partial charge is 0.497 e. The van der Waals surface area contributed by atoms with Crippen molar-refractivity contribution in [3.05, 3.63) is 23.8 Å². The first-order valence-electron chi connectivity index (χ1n) is 6.20. The second-order valence-corrected chi connectivity index (χ2v) is 5.78. The van der Waals surface area contributed by atoms with E-state index in [-0.39, 0.29) is 6.04 Å². The van der Waals surface area contributed by atoms with Crippen molar-refractivity contribution in [2.45, 2.75) is 31.6 Å². The van der Waals surface area contributed by atoms with Crippen LogP contribution in [0.3, 0.4) is 0 Å². The van der Waals surface area contributed by atoms with Crippen LogP contribution in [-0.4, -0.2) is 25.2 Å². The highest BCUT2D eigenvalue weighted by Crippen LogP contribution is 2.28. The summed E-state index contributed by atoms with van der Waals surface area (Å²) in [6.07, 6.45) is 1.17. The molecule has 3 nitrogen and oxygen atoms in total. The molecule has 0 aromatic heterocycles. The fraction of sp³-hybridized carbons (Fsp3) is 0.571. The number of ether oxygens (including phenoxy) is 2. The molecule has 0 saturated carbocycles. The molecule has 1 aromatic rings. The molecule has 4 heteroatoms. The molecule has 0 heterocycles.